The number of rotatable bonds is 9. The minimum atomic E-state index is -1.17. The van der Waals surface area contributed by atoms with E-state index in [1.54, 1.807) is 0 Å². The van der Waals surface area contributed by atoms with Gasteiger partial charge >= 0.3 is 5.97 Å². The molecule has 5 heteroatoms. The largest absolute Gasteiger partial charge is 0.480 e. The predicted octanol–water partition coefficient (Wildman–Crippen LogP) is 1.12. The molecule has 16 heavy (non-hydrogen) atoms. The quantitative estimate of drug-likeness (QED) is 0.458. The van der Waals surface area contributed by atoms with E-state index < -0.39 is 12.0 Å². The van der Waals surface area contributed by atoms with Crippen molar-refractivity contribution in [3.8, 4) is 0 Å². The lowest BCUT2D eigenvalue weighted by atomic mass is 10.1. The summed E-state index contributed by atoms with van der Waals surface area (Å²) in [5.74, 6) is -1.47. The molecule has 0 spiro atoms. The molecule has 0 aliphatic carbocycles. The molecule has 1 amide bonds. The maximum atomic E-state index is 11.3. The summed E-state index contributed by atoms with van der Waals surface area (Å²) in [4.78, 5) is 32.1. The molecule has 0 aromatic heterocycles. The third-order valence-corrected chi connectivity index (χ3v) is 2.22. The van der Waals surface area contributed by atoms with Crippen LogP contribution in [0.5, 0.6) is 0 Å². The van der Waals surface area contributed by atoms with Crippen LogP contribution in [0, 0.1) is 0 Å². The number of hydrogen-bond acceptors (Lipinski definition) is 3. The fraction of sp³-hybridized carbons (Fsp3) is 0.727. The van der Waals surface area contributed by atoms with Crippen LogP contribution >= 0.6 is 0 Å². The second-order valence-corrected chi connectivity index (χ2v) is 3.67. The van der Waals surface area contributed by atoms with Crippen LogP contribution in [0.25, 0.3) is 0 Å². The number of carbonyl (C=O) groups excluding carboxylic acids is 2. The van der Waals surface area contributed by atoms with Crippen molar-refractivity contribution in [2.75, 3.05) is 0 Å². The third kappa shape index (κ3) is 6.98. The van der Waals surface area contributed by atoms with Gasteiger partial charge in [0.05, 0.1) is 0 Å². The van der Waals surface area contributed by atoms with E-state index in [0.29, 0.717) is 12.7 Å². The van der Waals surface area contributed by atoms with E-state index in [2.05, 4.69) is 12.2 Å². The Kier molecular flexibility index (Phi) is 8.11. The first-order valence-corrected chi connectivity index (χ1v) is 5.57. The SMILES string of the molecule is CCCCCCC(=O)NC(CC=O)C(=O)O. The maximum Gasteiger partial charge on any atom is 0.326 e. The zero-order valence-electron chi connectivity index (χ0n) is 9.57. The van der Waals surface area contributed by atoms with E-state index >= 15 is 0 Å². The fourth-order valence-electron chi connectivity index (χ4n) is 1.30. The van der Waals surface area contributed by atoms with Crippen LogP contribution in [0.15, 0.2) is 0 Å². The summed E-state index contributed by atoms with van der Waals surface area (Å²) in [6, 6.07) is -1.09. The molecule has 0 saturated carbocycles. The monoisotopic (exact) mass is 229 g/mol. The van der Waals surface area contributed by atoms with Crippen molar-refractivity contribution in [3.63, 3.8) is 0 Å². The minimum Gasteiger partial charge on any atom is -0.480 e. The minimum absolute atomic E-state index is 0.184. The number of unbranched alkanes of at least 4 members (excludes halogenated alkanes) is 3. The number of carbonyl (C=O) groups is 3. The highest BCUT2D eigenvalue weighted by atomic mass is 16.4. The first kappa shape index (κ1) is 14.6. The standard InChI is InChI=1S/C11H19NO4/c1-2-3-4-5-6-10(14)12-9(7-8-13)11(15)16/h8-9H,2-7H2,1H3,(H,12,14)(H,15,16). The number of nitrogens with one attached hydrogen (secondary N) is 1. The molecule has 2 N–H and O–H groups in total. The van der Waals surface area contributed by atoms with Crippen molar-refractivity contribution < 1.29 is 19.5 Å². The van der Waals surface area contributed by atoms with Crippen molar-refractivity contribution in [1.29, 1.82) is 0 Å². The molecule has 92 valence electrons. The molecular formula is C11H19NO4. The third-order valence-electron chi connectivity index (χ3n) is 2.22. The maximum absolute atomic E-state index is 11.3. The lowest BCUT2D eigenvalue weighted by molar-refractivity contribution is -0.142. The van der Waals surface area contributed by atoms with Crippen molar-refractivity contribution in [1.82, 2.24) is 5.32 Å². The van der Waals surface area contributed by atoms with Crippen LogP contribution in [-0.4, -0.2) is 29.3 Å². The van der Waals surface area contributed by atoms with E-state index in [-0.39, 0.29) is 12.3 Å². The van der Waals surface area contributed by atoms with Gasteiger partial charge in [0.15, 0.2) is 0 Å². The summed E-state index contributed by atoms with van der Waals surface area (Å²) in [6.07, 6.45) is 4.52. The number of aliphatic carboxylic acids is 1. The lowest BCUT2D eigenvalue weighted by Gasteiger charge is -2.11. The Morgan fingerprint density at radius 3 is 2.50 bits per heavy atom. The molecule has 1 unspecified atom stereocenters. The Labute approximate surface area is 95.2 Å². The number of carboxylic acid groups (broad SMARTS) is 1. The van der Waals surface area contributed by atoms with Crippen molar-refractivity contribution >= 4 is 18.2 Å². The van der Waals surface area contributed by atoms with Gasteiger partial charge in [-0.1, -0.05) is 26.2 Å². The molecule has 0 heterocycles. The molecule has 1 atom stereocenters. The second-order valence-electron chi connectivity index (χ2n) is 3.67. The van der Waals surface area contributed by atoms with Crippen molar-refractivity contribution in [2.24, 2.45) is 0 Å². The molecule has 0 aliphatic rings. The smallest absolute Gasteiger partial charge is 0.326 e. The lowest BCUT2D eigenvalue weighted by Crippen LogP contribution is -2.40. The average Bonchev–Trinajstić information content (AvgIpc) is 2.23. The molecule has 5 nitrogen and oxygen atoms in total. The molecule has 0 bridgehead atoms. The molecule has 0 rings (SSSR count). The van der Waals surface area contributed by atoms with Gasteiger partial charge in [-0.2, -0.15) is 0 Å². The molecule has 0 radical (unpaired) electrons. The van der Waals surface area contributed by atoms with Gasteiger partial charge in [-0.05, 0) is 6.42 Å². The Bertz CT molecular complexity index is 240. The Balaban J connectivity index is 3.81. The molecule has 0 saturated heterocycles. The first-order chi connectivity index (χ1) is 7.61. The number of aldehydes is 1. The predicted molar refractivity (Wildman–Crippen MR) is 59.0 cm³/mol. The van der Waals surface area contributed by atoms with E-state index in [4.69, 9.17) is 5.11 Å². The summed E-state index contributed by atoms with van der Waals surface area (Å²) < 4.78 is 0. The summed E-state index contributed by atoms with van der Waals surface area (Å²) in [7, 11) is 0. The summed E-state index contributed by atoms with van der Waals surface area (Å²) in [5, 5.41) is 11.0. The summed E-state index contributed by atoms with van der Waals surface area (Å²) in [6.45, 7) is 2.07. The summed E-state index contributed by atoms with van der Waals surface area (Å²) in [5.41, 5.74) is 0. The van der Waals surface area contributed by atoms with Gasteiger partial charge < -0.3 is 15.2 Å². The topological polar surface area (TPSA) is 83.5 Å². The van der Waals surface area contributed by atoms with E-state index in [1.165, 1.54) is 0 Å². The van der Waals surface area contributed by atoms with E-state index in [1.807, 2.05) is 0 Å². The van der Waals surface area contributed by atoms with Crippen molar-refractivity contribution in [2.45, 2.75) is 51.5 Å². The van der Waals surface area contributed by atoms with Crippen LogP contribution in [0.4, 0.5) is 0 Å². The fourth-order valence-corrected chi connectivity index (χ4v) is 1.30. The van der Waals surface area contributed by atoms with Gasteiger partial charge in [-0.15, -0.1) is 0 Å². The number of hydrogen-bond donors (Lipinski definition) is 2. The summed E-state index contributed by atoms with van der Waals surface area (Å²) >= 11 is 0. The van der Waals surface area contributed by atoms with Gasteiger partial charge in [0.25, 0.3) is 0 Å². The Hall–Kier alpha value is -1.39. The van der Waals surface area contributed by atoms with Gasteiger partial charge in [0, 0.05) is 12.8 Å². The van der Waals surface area contributed by atoms with Crippen molar-refractivity contribution in [3.05, 3.63) is 0 Å². The van der Waals surface area contributed by atoms with Gasteiger partial charge in [-0.3, -0.25) is 4.79 Å². The van der Waals surface area contributed by atoms with E-state index in [9.17, 15) is 14.4 Å². The van der Waals surface area contributed by atoms with Crippen LogP contribution in [0.3, 0.4) is 0 Å². The second kappa shape index (κ2) is 8.88. The zero-order chi connectivity index (χ0) is 12.4. The number of amides is 1. The number of carboxylic acids is 1. The van der Waals surface area contributed by atoms with Crippen LogP contribution in [0.2, 0.25) is 0 Å². The molecule has 0 aromatic rings. The van der Waals surface area contributed by atoms with Gasteiger partial charge in [0.2, 0.25) is 5.91 Å². The first-order valence-electron chi connectivity index (χ1n) is 5.57. The van der Waals surface area contributed by atoms with Crippen LogP contribution in [-0.2, 0) is 14.4 Å². The molecule has 0 aromatic carbocycles. The molecular weight excluding hydrogens is 210 g/mol. The Morgan fingerprint density at radius 1 is 1.31 bits per heavy atom. The van der Waals surface area contributed by atoms with E-state index in [0.717, 1.165) is 25.7 Å². The normalized spacial score (nSPS) is 11.8. The molecule has 0 fully saturated rings. The highest BCUT2D eigenvalue weighted by molar-refractivity contribution is 5.85. The van der Waals surface area contributed by atoms with Crippen LogP contribution < -0.4 is 5.32 Å². The Morgan fingerprint density at radius 2 is 2.00 bits per heavy atom. The van der Waals surface area contributed by atoms with Crippen LogP contribution in [0.1, 0.15) is 45.4 Å². The molecule has 0 aliphatic heterocycles. The van der Waals surface area contributed by atoms with Gasteiger partial charge in [0.1, 0.15) is 12.3 Å². The van der Waals surface area contributed by atoms with Gasteiger partial charge in [-0.25, -0.2) is 4.79 Å². The zero-order valence-corrected chi connectivity index (χ0v) is 9.57. The average molecular weight is 229 g/mol. The highest BCUT2D eigenvalue weighted by Crippen LogP contribution is 2.02. The highest BCUT2D eigenvalue weighted by Gasteiger charge is 2.18.